The highest BCUT2D eigenvalue weighted by molar-refractivity contribution is 6.02. The molecule has 1 atom stereocenters. The molecule has 4 aromatic rings. The van der Waals surface area contributed by atoms with E-state index in [2.05, 4.69) is 42.8 Å². The lowest BCUT2D eigenvalue weighted by atomic mass is 9.89. The Labute approximate surface area is 302 Å². The summed E-state index contributed by atoms with van der Waals surface area (Å²) in [6.07, 6.45) is 6.44. The first-order valence-electron chi connectivity index (χ1n) is 18.0. The number of nitrogens with zero attached hydrogens (tertiary/aromatic N) is 5. The fourth-order valence-electron chi connectivity index (χ4n) is 7.65. The molecular weight excluding hydrogens is 664 g/mol. The number of piperidine rings is 2. The van der Waals surface area contributed by atoms with Gasteiger partial charge in [-0.3, -0.25) is 34.5 Å². The molecule has 14 nitrogen and oxygen atoms in total. The van der Waals surface area contributed by atoms with Crippen molar-refractivity contribution in [3.63, 3.8) is 0 Å². The van der Waals surface area contributed by atoms with Crippen molar-refractivity contribution in [3.8, 4) is 22.6 Å². The number of hydrogen-bond acceptors (Lipinski definition) is 10. The second-order valence-corrected chi connectivity index (χ2v) is 13.9. The number of likely N-dealkylation sites (tertiary alicyclic amines) is 1. The number of piperazine rings is 1. The number of H-pyrrole nitrogens is 1. The largest absolute Gasteiger partial charge is 0.496 e. The van der Waals surface area contributed by atoms with Gasteiger partial charge in [0.05, 0.1) is 20.4 Å². The molecule has 52 heavy (non-hydrogen) atoms. The maximum Gasteiger partial charge on any atom is 0.276 e. The van der Waals surface area contributed by atoms with Crippen molar-refractivity contribution >= 4 is 34.3 Å². The molecule has 2 aromatic heterocycles. The minimum absolute atomic E-state index is 0.129. The Bertz CT molecular complexity index is 1980. The number of hydrogen-bond donors (Lipinski definition) is 3. The van der Waals surface area contributed by atoms with E-state index < -0.39 is 0 Å². The zero-order valence-corrected chi connectivity index (χ0v) is 29.9. The summed E-state index contributed by atoms with van der Waals surface area (Å²) in [6.45, 7) is 6.84. The van der Waals surface area contributed by atoms with Gasteiger partial charge in [-0.1, -0.05) is 12.1 Å². The Morgan fingerprint density at radius 3 is 2.19 bits per heavy atom. The number of carbonyl (C=O) groups is 3. The van der Waals surface area contributed by atoms with E-state index in [9.17, 15) is 19.2 Å². The zero-order chi connectivity index (χ0) is 36.4. The summed E-state index contributed by atoms with van der Waals surface area (Å²) in [6, 6.07) is 11.6. The number of fused-ring (bicyclic) bond motifs is 1. The number of pyridine rings is 1. The van der Waals surface area contributed by atoms with Crippen LogP contribution in [0.3, 0.4) is 0 Å². The molecule has 3 aliphatic rings. The van der Waals surface area contributed by atoms with Crippen LogP contribution in [0.5, 0.6) is 11.5 Å². The van der Waals surface area contributed by atoms with Gasteiger partial charge in [0, 0.05) is 75.6 Å². The number of aryl methyl sites for hydroxylation is 1. The number of nitrogens with one attached hydrogen (secondary N) is 3. The number of imide groups is 1. The van der Waals surface area contributed by atoms with E-state index in [0.717, 1.165) is 68.9 Å². The number of benzene rings is 2. The maximum atomic E-state index is 13.9. The van der Waals surface area contributed by atoms with Crippen LogP contribution in [0.25, 0.3) is 22.0 Å². The van der Waals surface area contributed by atoms with Gasteiger partial charge in [0.1, 0.15) is 28.6 Å². The van der Waals surface area contributed by atoms with Crippen molar-refractivity contribution in [3.05, 3.63) is 70.3 Å². The van der Waals surface area contributed by atoms with Crippen LogP contribution in [0.1, 0.15) is 47.5 Å². The Hall–Kier alpha value is -5.21. The number of amides is 3. The molecule has 3 N–H and O–H groups in total. The van der Waals surface area contributed by atoms with E-state index in [1.807, 2.05) is 29.2 Å². The molecule has 0 saturated carbocycles. The van der Waals surface area contributed by atoms with E-state index in [1.54, 1.807) is 33.7 Å². The van der Waals surface area contributed by atoms with E-state index in [1.165, 1.54) is 10.1 Å². The monoisotopic (exact) mass is 710 g/mol. The molecule has 3 saturated heterocycles. The maximum absolute atomic E-state index is 13.9. The lowest BCUT2D eigenvalue weighted by Crippen LogP contribution is -2.50. The molecular formula is C38H46N8O6. The minimum atomic E-state index is -0.379. The topological polar surface area (TPSA) is 154 Å². The number of methoxy groups -OCH3 is 2. The molecule has 274 valence electrons. The minimum Gasteiger partial charge on any atom is -0.496 e. The third-order valence-corrected chi connectivity index (χ3v) is 10.8. The highest BCUT2D eigenvalue weighted by Crippen LogP contribution is 2.38. The van der Waals surface area contributed by atoms with E-state index >= 15 is 0 Å². The molecule has 5 heterocycles. The van der Waals surface area contributed by atoms with E-state index in [4.69, 9.17) is 9.47 Å². The highest BCUT2D eigenvalue weighted by Gasteiger charge is 2.30. The van der Waals surface area contributed by atoms with Crippen LogP contribution in [-0.4, -0.2) is 120 Å². The predicted octanol–water partition coefficient (Wildman–Crippen LogP) is 2.80. The van der Waals surface area contributed by atoms with Crippen LogP contribution in [0, 0.1) is 0 Å². The number of carbonyl (C=O) groups excluding carboxylic acids is 3. The highest BCUT2D eigenvalue weighted by atomic mass is 16.5. The van der Waals surface area contributed by atoms with Crippen molar-refractivity contribution in [2.75, 3.05) is 71.9 Å². The third kappa shape index (κ3) is 7.26. The Balaban J connectivity index is 0.900. The fraction of sp³-hybridized carbons (Fsp3) is 0.447. The lowest BCUT2D eigenvalue weighted by molar-refractivity contribution is -0.133. The normalized spacial score (nSPS) is 19.1. The Kier molecular flexibility index (Phi) is 10.3. The van der Waals surface area contributed by atoms with Crippen LogP contribution in [0.15, 0.2) is 53.6 Å². The first kappa shape index (κ1) is 35.2. The van der Waals surface area contributed by atoms with Crippen LogP contribution in [-0.2, 0) is 16.6 Å². The molecule has 3 aliphatic heterocycles. The van der Waals surface area contributed by atoms with Gasteiger partial charge in [0.25, 0.3) is 11.5 Å². The van der Waals surface area contributed by atoms with Gasteiger partial charge in [-0.15, -0.1) is 0 Å². The number of ether oxygens (including phenoxy) is 2. The Morgan fingerprint density at radius 1 is 0.904 bits per heavy atom. The van der Waals surface area contributed by atoms with Crippen molar-refractivity contribution < 1.29 is 23.9 Å². The first-order chi connectivity index (χ1) is 25.2. The second-order valence-electron chi connectivity index (χ2n) is 13.9. The predicted molar refractivity (Wildman–Crippen MR) is 197 cm³/mol. The van der Waals surface area contributed by atoms with Crippen LogP contribution < -0.4 is 25.7 Å². The van der Waals surface area contributed by atoms with Gasteiger partial charge in [-0.2, -0.15) is 5.10 Å². The van der Waals surface area contributed by atoms with Gasteiger partial charge in [-0.25, -0.2) is 0 Å². The zero-order valence-electron chi connectivity index (χ0n) is 29.9. The third-order valence-electron chi connectivity index (χ3n) is 10.8. The fourth-order valence-corrected chi connectivity index (χ4v) is 7.65. The number of aromatic amines is 1. The van der Waals surface area contributed by atoms with E-state index in [-0.39, 0.29) is 29.3 Å². The SMILES string of the molecule is COc1cc(-c2cn(C)c(=O)c3[nH]ncc23)cc(OC)c1C(=O)N1CCN(CCN2CCC(c3ccc(NC4CCC(=O)NC4=O)cc3)CC2)CC1. The smallest absolute Gasteiger partial charge is 0.276 e. The molecule has 2 aromatic carbocycles. The van der Waals surface area contributed by atoms with Gasteiger partial charge >= 0.3 is 0 Å². The van der Waals surface area contributed by atoms with Crippen LogP contribution in [0.2, 0.25) is 0 Å². The van der Waals surface area contributed by atoms with Crippen LogP contribution in [0.4, 0.5) is 5.69 Å². The molecule has 7 rings (SSSR count). The molecule has 0 bridgehead atoms. The van der Waals surface area contributed by atoms with Crippen molar-refractivity contribution in [1.82, 2.24) is 34.8 Å². The number of rotatable bonds is 10. The summed E-state index contributed by atoms with van der Waals surface area (Å²) in [5.74, 6) is 0.733. The molecule has 3 amide bonds. The second kappa shape index (κ2) is 15.2. The molecule has 0 radical (unpaired) electrons. The lowest BCUT2D eigenvalue weighted by Gasteiger charge is -2.37. The molecule has 0 spiro atoms. The molecule has 1 unspecified atom stereocenters. The average molecular weight is 711 g/mol. The van der Waals surface area contributed by atoms with Gasteiger partial charge < -0.3 is 29.2 Å². The summed E-state index contributed by atoms with van der Waals surface area (Å²) in [4.78, 5) is 56.9. The van der Waals surface area contributed by atoms with Gasteiger partial charge in [-0.05, 0) is 73.7 Å². The standard InChI is InChI=1S/C38H46N8O6/c1-43-23-29(28-22-39-42-35(28)38(43)50)26-20-31(51-2)34(32(21-26)52-3)37(49)46-18-16-45(17-19-46)15-14-44-12-10-25(11-13-44)24-4-6-27(7-5-24)40-30-8-9-33(47)41-36(30)48/h4-7,20-23,25,30,40H,8-19H2,1-3H3,(H,39,42)(H,41,47,48). The number of aromatic nitrogens is 3. The summed E-state index contributed by atoms with van der Waals surface area (Å²) < 4.78 is 13.0. The van der Waals surface area contributed by atoms with E-state index in [0.29, 0.717) is 59.8 Å². The quantitative estimate of drug-likeness (QED) is 0.210. The van der Waals surface area contributed by atoms with Crippen molar-refractivity contribution in [2.24, 2.45) is 7.05 Å². The molecule has 0 aliphatic carbocycles. The Morgan fingerprint density at radius 2 is 1.56 bits per heavy atom. The van der Waals surface area contributed by atoms with Gasteiger partial charge in [0.15, 0.2) is 0 Å². The van der Waals surface area contributed by atoms with Crippen molar-refractivity contribution in [1.29, 1.82) is 0 Å². The summed E-state index contributed by atoms with van der Waals surface area (Å²) in [5, 5.41) is 13.2. The average Bonchev–Trinajstić information content (AvgIpc) is 3.67. The molecule has 3 fully saturated rings. The first-order valence-corrected chi connectivity index (χ1v) is 18.0. The number of anilines is 1. The summed E-state index contributed by atoms with van der Waals surface area (Å²) >= 11 is 0. The van der Waals surface area contributed by atoms with Crippen LogP contribution >= 0.6 is 0 Å². The summed E-state index contributed by atoms with van der Waals surface area (Å²) in [5.41, 5.74) is 4.35. The van der Waals surface area contributed by atoms with Crippen molar-refractivity contribution in [2.45, 2.75) is 37.6 Å². The summed E-state index contributed by atoms with van der Waals surface area (Å²) in [7, 11) is 4.78. The van der Waals surface area contributed by atoms with Gasteiger partial charge in [0.2, 0.25) is 11.8 Å². The molecule has 14 heteroatoms.